The van der Waals surface area contributed by atoms with Gasteiger partial charge in [-0.1, -0.05) is 18.2 Å². The van der Waals surface area contributed by atoms with Gasteiger partial charge in [0.25, 0.3) is 5.91 Å². The smallest absolute Gasteiger partial charge is 0.271 e. The Kier molecular flexibility index (Phi) is 4.15. The predicted molar refractivity (Wildman–Crippen MR) is 89.1 cm³/mol. The third-order valence-corrected chi connectivity index (χ3v) is 4.18. The van der Waals surface area contributed by atoms with Crippen molar-refractivity contribution in [3.63, 3.8) is 0 Å². The molecule has 3 aromatic rings. The number of primary sulfonamides is 1. The van der Waals surface area contributed by atoms with Crippen LogP contribution in [0.15, 0.2) is 69.0 Å². The number of furan rings is 1. The number of nitrogens with two attached hydrogens (primary N) is 1. The van der Waals surface area contributed by atoms with Crippen molar-refractivity contribution >= 4 is 33.1 Å². The lowest BCUT2D eigenvalue weighted by molar-refractivity contribution is 0.0955. The van der Waals surface area contributed by atoms with Crippen LogP contribution in [0.5, 0.6) is 0 Å². The Balaban J connectivity index is 1.68. The van der Waals surface area contributed by atoms with Crippen molar-refractivity contribution in [3.05, 3.63) is 65.9 Å². The highest BCUT2D eigenvalue weighted by atomic mass is 32.2. The number of nitrogens with one attached hydrogen (secondary N) is 1. The van der Waals surface area contributed by atoms with Gasteiger partial charge in [0.15, 0.2) is 0 Å². The van der Waals surface area contributed by atoms with E-state index in [2.05, 4.69) is 10.5 Å². The summed E-state index contributed by atoms with van der Waals surface area (Å²) in [5.41, 5.74) is 3.32. The molecule has 0 radical (unpaired) electrons. The Labute approximate surface area is 137 Å². The van der Waals surface area contributed by atoms with E-state index in [0.717, 1.165) is 11.0 Å². The molecule has 2 aromatic carbocycles. The number of hydrogen-bond donors (Lipinski definition) is 2. The molecule has 0 saturated carbocycles. The molecule has 1 amide bonds. The number of fused-ring (bicyclic) bond motifs is 1. The number of carbonyl (C=O) groups excluding carboxylic acids is 1. The van der Waals surface area contributed by atoms with Gasteiger partial charge in [-0.15, -0.1) is 0 Å². The topological polar surface area (TPSA) is 115 Å². The van der Waals surface area contributed by atoms with Crippen LogP contribution in [0, 0.1) is 0 Å². The SMILES string of the molecule is NS(=O)(=O)c1ccc(C(=O)N/N=C/c2cc3ccccc3o2)cc1. The lowest BCUT2D eigenvalue weighted by Crippen LogP contribution is -2.18. The molecule has 1 aromatic heterocycles. The average molecular weight is 343 g/mol. The highest BCUT2D eigenvalue weighted by Crippen LogP contribution is 2.17. The Morgan fingerprint density at radius 3 is 2.50 bits per heavy atom. The third kappa shape index (κ3) is 3.50. The highest BCUT2D eigenvalue weighted by molar-refractivity contribution is 7.89. The standard InChI is InChI=1S/C16H13N3O4S/c17-24(21,22)14-7-5-11(6-8-14)16(20)19-18-10-13-9-12-3-1-2-4-15(12)23-13/h1-10H,(H,19,20)(H2,17,21,22)/b18-10+. The summed E-state index contributed by atoms with van der Waals surface area (Å²) in [6.45, 7) is 0. The molecule has 122 valence electrons. The van der Waals surface area contributed by atoms with Crippen LogP contribution in [0.4, 0.5) is 0 Å². The van der Waals surface area contributed by atoms with E-state index < -0.39 is 15.9 Å². The molecule has 0 spiro atoms. The summed E-state index contributed by atoms with van der Waals surface area (Å²) in [7, 11) is -3.78. The van der Waals surface area contributed by atoms with E-state index in [-0.39, 0.29) is 10.5 Å². The molecule has 3 N–H and O–H groups in total. The third-order valence-electron chi connectivity index (χ3n) is 3.25. The first-order chi connectivity index (χ1) is 11.4. The zero-order chi connectivity index (χ0) is 17.2. The van der Waals surface area contributed by atoms with Crippen LogP contribution >= 0.6 is 0 Å². The Bertz CT molecular complexity index is 988. The molecule has 0 fully saturated rings. The molecule has 0 unspecified atom stereocenters. The average Bonchev–Trinajstić information content (AvgIpc) is 2.96. The van der Waals surface area contributed by atoms with Crippen molar-refractivity contribution < 1.29 is 17.6 Å². The molecular weight excluding hydrogens is 330 g/mol. The molecule has 0 bridgehead atoms. The summed E-state index contributed by atoms with van der Waals surface area (Å²) in [6.07, 6.45) is 1.39. The van der Waals surface area contributed by atoms with Gasteiger partial charge in [-0.25, -0.2) is 19.0 Å². The number of carbonyl (C=O) groups is 1. The van der Waals surface area contributed by atoms with Crippen LogP contribution in [0.25, 0.3) is 11.0 Å². The zero-order valence-corrected chi connectivity index (χ0v) is 13.2. The molecule has 0 atom stereocenters. The summed E-state index contributed by atoms with van der Waals surface area (Å²) < 4.78 is 27.8. The molecule has 7 nitrogen and oxygen atoms in total. The first kappa shape index (κ1) is 15.9. The molecule has 8 heteroatoms. The maximum Gasteiger partial charge on any atom is 0.271 e. The lowest BCUT2D eigenvalue weighted by Gasteiger charge is -2.01. The number of rotatable bonds is 4. The lowest BCUT2D eigenvalue weighted by atomic mass is 10.2. The van der Waals surface area contributed by atoms with Gasteiger partial charge in [0.1, 0.15) is 11.3 Å². The maximum atomic E-state index is 11.9. The van der Waals surface area contributed by atoms with E-state index in [1.165, 1.54) is 30.5 Å². The van der Waals surface area contributed by atoms with Crippen LogP contribution in [0.3, 0.4) is 0 Å². The molecule has 0 aliphatic carbocycles. The number of sulfonamides is 1. The van der Waals surface area contributed by atoms with E-state index in [1.54, 1.807) is 6.07 Å². The number of para-hydroxylation sites is 1. The van der Waals surface area contributed by atoms with Crippen molar-refractivity contribution in [3.8, 4) is 0 Å². The van der Waals surface area contributed by atoms with Gasteiger partial charge < -0.3 is 4.42 Å². The van der Waals surface area contributed by atoms with Crippen LogP contribution in [0.2, 0.25) is 0 Å². The molecular formula is C16H13N3O4S. The fourth-order valence-corrected chi connectivity index (χ4v) is 2.60. The van der Waals surface area contributed by atoms with Crippen molar-refractivity contribution in [1.29, 1.82) is 0 Å². The van der Waals surface area contributed by atoms with Gasteiger partial charge in [0, 0.05) is 10.9 Å². The summed E-state index contributed by atoms with van der Waals surface area (Å²) >= 11 is 0. The Morgan fingerprint density at radius 2 is 1.83 bits per heavy atom. The van der Waals surface area contributed by atoms with E-state index in [9.17, 15) is 13.2 Å². The minimum absolute atomic E-state index is 0.0650. The summed E-state index contributed by atoms with van der Waals surface area (Å²) in [5, 5.41) is 9.75. The van der Waals surface area contributed by atoms with Gasteiger partial charge in [-0.2, -0.15) is 5.10 Å². The van der Waals surface area contributed by atoms with Crippen LogP contribution < -0.4 is 10.6 Å². The second kappa shape index (κ2) is 6.26. The second-order valence-corrected chi connectivity index (χ2v) is 6.52. The van der Waals surface area contributed by atoms with Crippen molar-refractivity contribution in [2.45, 2.75) is 4.90 Å². The molecule has 0 saturated heterocycles. The molecule has 0 aliphatic rings. The second-order valence-electron chi connectivity index (χ2n) is 4.96. The summed E-state index contributed by atoms with van der Waals surface area (Å²) in [5.74, 6) is 0.0180. The van der Waals surface area contributed by atoms with Gasteiger partial charge in [0.05, 0.1) is 11.1 Å². The van der Waals surface area contributed by atoms with Crippen LogP contribution in [0.1, 0.15) is 16.1 Å². The molecule has 24 heavy (non-hydrogen) atoms. The monoisotopic (exact) mass is 343 g/mol. The van der Waals surface area contributed by atoms with Gasteiger partial charge in [-0.3, -0.25) is 4.79 Å². The van der Waals surface area contributed by atoms with E-state index in [4.69, 9.17) is 9.56 Å². The van der Waals surface area contributed by atoms with Gasteiger partial charge in [0.2, 0.25) is 10.0 Å². The normalized spacial score (nSPS) is 11.9. The number of nitrogens with zero attached hydrogens (tertiary/aromatic N) is 1. The fourth-order valence-electron chi connectivity index (χ4n) is 2.08. The number of benzene rings is 2. The summed E-state index contributed by atoms with van der Waals surface area (Å²) in [6, 6.07) is 14.5. The fraction of sp³-hybridized carbons (Fsp3) is 0. The quantitative estimate of drug-likeness (QED) is 0.555. The van der Waals surface area contributed by atoms with Gasteiger partial charge >= 0.3 is 0 Å². The van der Waals surface area contributed by atoms with Crippen LogP contribution in [-0.4, -0.2) is 20.5 Å². The summed E-state index contributed by atoms with van der Waals surface area (Å²) in [4.78, 5) is 11.9. The first-order valence-corrected chi connectivity index (χ1v) is 8.43. The molecule has 3 rings (SSSR count). The van der Waals surface area contributed by atoms with Crippen molar-refractivity contribution in [2.75, 3.05) is 0 Å². The van der Waals surface area contributed by atoms with Crippen molar-refractivity contribution in [2.24, 2.45) is 10.2 Å². The number of hydrazone groups is 1. The van der Waals surface area contributed by atoms with Crippen molar-refractivity contribution in [1.82, 2.24) is 5.43 Å². The molecule has 0 aliphatic heterocycles. The van der Waals surface area contributed by atoms with E-state index >= 15 is 0 Å². The zero-order valence-electron chi connectivity index (χ0n) is 12.3. The van der Waals surface area contributed by atoms with Gasteiger partial charge in [-0.05, 0) is 36.4 Å². The largest absolute Gasteiger partial charge is 0.455 e. The first-order valence-electron chi connectivity index (χ1n) is 6.88. The predicted octanol–water partition coefficient (Wildman–Crippen LogP) is 1.84. The minimum atomic E-state index is -3.78. The highest BCUT2D eigenvalue weighted by Gasteiger charge is 2.09. The Hall–Kier alpha value is -2.97. The number of hydrogen-bond acceptors (Lipinski definition) is 5. The van der Waals surface area contributed by atoms with Crippen LogP contribution in [-0.2, 0) is 10.0 Å². The number of amides is 1. The minimum Gasteiger partial charge on any atom is -0.455 e. The van der Waals surface area contributed by atoms with E-state index in [1.807, 2.05) is 24.3 Å². The Morgan fingerprint density at radius 1 is 1.12 bits per heavy atom. The molecule has 1 heterocycles. The van der Waals surface area contributed by atoms with E-state index in [0.29, 0.717) is 5.76 Å². The maximum absolute atomic E-state index is 11.9.